The van der Waals surface area contributed by atoms with Gasteiger partial charge in [-0.1, -0.05) is 29.8 Å². The first-order chi connectivity index (χ1) is 9.92. The summed E-state index contributed by atoms with van der Waals surface area (Å²) in [6.07, 6.45) is 2.59. The van der Waals surface area contributed by atoms with Gasteiger partial charge in [0.2, 0.25) is 0 Å². The number of nitrogens with zero attached hydrogens (tertiary/aromatic N) is 1. The molecular weight excluding hydrogens is 310 g/mol. The normalized spacial score (nSPS) is 12.2. The van der Waals surface area contributed by atoms with Crippen molar-refractivity contribution in [3.8, 4) is 0 Å². The van der Waals surface area contributed by atoms with Crippen molar-refractivity contribution in [3.63, 3.8) is 0 Å². The van der Waals surface area contributed by atoms with Crippen molar-refractivity contribution in [2.75, 3.05) is 32.1 Å². The molecule has 0 aliphatic carbocycles. The molecule has 0 amide bonds. The van der Waals surface area contributed by atoms with E-state index in [0.717, 1.165) is 17.0 Å². The van der Waals surface area contributed by atoms with Gasteiger partial charge in [-0.2, -0.15) is 0 Å². The van der Waals surface area contributed by atoms with Crippen LogP contribution in [-0.4, -0.2) is 46.5 Å². The van der Waals surface area contributed by atoms with Crippen LogP contribution in [-0.2, 0) is 16.3 Å². The Morgan fingerprint density at radius 2 is 1.90 bits per heavy atom. The van der Waals surface area contributed by atoms with Crippen LogP contribution in [0.5, 0.6) is 0 Å². The van der Waals surface area contributed by atoms with Crippen molar-refractivity contribution in [3.05, 3.63) is 34.9 Å². The fourth-order valence-corrected chi connectivity index (χ4v) is 2.68. The maximum Gasteiger partial charge on any atom is 0.190 e. The van der Waals surface area contributed by atoms with E-state index < -0.39 is 9.84 Å². The van der Waals surface area contributed by atoms with Gasteiger partial charge in [-0.3, -0.25) is 4.99 Å². The fraction of sp³-hybridized carbons (Fsp3) is 0.500. The molecule has 0 saturated heterocycles. The Balaban J connectivity index is 2.27. The smallest absolute Gasteiger partial charge is 0.190 e. The summed E-state index contributed by atoms with van der Waals surface area (Å²) in [5, 5.41) is 7.02. The van der Waals surface area contributed by atoms with Crippen LogP contribution in [0.3, 0.4) is 0 Å². The lowest BCUT2D eigenvalue weighted by Crippen LogP contribution is -2.39. The topological polar surface area (TPSA) is 70.6 Å². The molecule has 0 aliphatic heterocycles. The number of hydrogen-bond donors (Lipinski definition) is 2. The third kappa shape index (κ3) is 7.92. The lowest BCUT2D eigenvalue weighted by atomic mass is 10.1. The molecule has 0 bridgehead atoms. The van der Waals surface area contributed by atoms with Crippen molar-refractivity contribution < 1.29 is 8.42 Å². The zero-order chi connectivity index (χ0) is 15.7. The van der Waals surface area contributed by atoms with Crippen LogP contribution in [0.15, 0.2) is 29.3 Å². The van der Waals surface area contributed by atoms with Gasteiger partial charge in [0.15, 0.2) is 5.96 Å². The molecule has 0 spiro atoms. The minimum Gasteiger partial charge on any atom is -0.356 e. The highest BCUT2D eigenvalue weighted by atomic mass is 35.5. The zero-order valence-corrected chi connectivity index (χ0v) is 14.0. The number of guanidine groups is 1. The number of rotatable bonds is 7. The maximum atomic E-state index is 11.0. The third-order valence-electron chi connectivity index (χ3n) is 2.85. The third-order valence-corrected chi connectivity index (χ3v) is 4.25. The molecule has 0 aliphatic rings. The first-order valence-corrected chi connectivity index (χ1v) is 9.22. The second kappa shape index (κ2) is 8.89. The van der Waals surface area contributed by atoms with Gasteiger partial charge < -0.3 is 10.6 Å². The molecule has 0 aromatic heterocycles. The van der Waals surface area contributed by atoms with Gasteiger partial charge >= 0.3 is 0 Å². The number of halogens is 1. The van der Waals surface area contributed by atoms with Gasteiger partial charge in [0.05, 0.1) is 5.75 Å². The molecular formula is C14H22ClN3O2S. The molecule has 1 rings (SSSR count). The van der Waals surface area contributed by atoms with Crippen molar-refractivity contribution in [2.24, 2.45) is 4.99 Å². The van der Waals surface area contributed by atoms with Crippen molar-refractivity contribution >= 4 is 27.4 Å². The van der Waals surface area contributed by atoms with E-state index in [2.05, 4.69) is 15.6 Å². The molecule has 0 fully saturated rings. The van der Waals surface area contributed by atoms with E-state index in [-0.39, 0.29) is 5.75 Å². The fourth-order valence-electron chi connectivity index (χ4n) is 1.78. The Kier molecular flexibility index (Phi) is 7.53. The highest BCUT2D eigenvalue weighted by molar-refractivity contribution is 7.90. The summed E-state index contributed by atoms with van der Waals surface area (Å²) in [6, 6.07) is 7.72. The zero-order valence-electron chi connectivity index (χ0n) is 12.4. The van der Waals surface area contributed by atoms with Crippen molar-refractivity contribution in [2.45, 2.75) is 12.8 Å². The highest BCUT2D eigenvalue weighted by Gasteiger charge is 2.03. The summed E-state index contributed by atoms with van der Waals surface area (Å²) in [6.45, 7) is 1.27. The molecule has 21 heavy (non-hydrogen) atoms. The molecule has 7 heteroatoms. The lowest BCUT2D eigenvalue weighted by molar-refractivity contribution is 0.598. The molecule has 0 atom stereocenters. The van der Waals surface area contributed by atoms with Gasteiger partial charge in [0, 0.05) is 31.4 Å². The van der Waals surface area contributed by atoms with Crippen LogP contribution < -0.4 is 10.6 Å². The molecule has 0 unspecified atom stereocenters. The summed E-state index contributed by atoms with van der Waals surface area (Å²) in [5.41, 5.74) is 1.08. The molecule has 2 N–H and O–H groups in total. The Bertz CT molecular complexity index is 573. The molecule has 118 valence electrons. The molecule has 0 radical (unpaired) electrons. The van der Waals surface area contributed by atoms with E-state index >= 15 is 0 Å². The predicted octanol–water partition coefficient (Wildman–Crippen LogP) is 1.48. The second-order valence-electron chi connectivity index (χ2n) is 4.75. The molecule has 1 aromatic carbocycles. The number of hydrogen-bond acceptors (Lipinski definition) is 3. The molecule has 0 heterocycles. The average molecular weight is 332 g/mol. The SMILES string of the molecule is CN=C(NCCCS(C)(=O)=O)NCCc1ccccc1Cl. The van der Waals surface area contributed by atoms with E-state index in [1.165, 1.54) is 6.26 Å². The number of nitrogens with one attached hydrogen (secondary N) is 2. The Morgan fingerprint density at radius 1 is 1.24 bits per heavy atom. The van der Waals surface area contributed by atoms with E-state index in [4.69, 9.17) is 11.6 Å². The summed E-state index contributed by atoms with van der Waals surface area (Å²) in [4.78, 5) is 4.09. The summed E-state index contributed by atoms with van der Waals surface area (Å²) < 4.78 is 22.0. The van der Waals surface area contributed by atoms with Crippen molar-refractivity contribution in [1.82, 2.24) is 10.6 Å². The average Bonchev–Trinajstić information content (AvgIpc) is 2.42. The van der Waals surface area contributed by atoms with E-state index in [9.17, 15) is 8.42 Å². The van der Waals surface area contributed by atoms with E-state index in [1.54, 1.807) is 7.05 Å². The van der Waals surface area contributed by atoms with Crippen LogP contribution in [0.25, 0.3) is 0 Å². The summed E-state index contributed by atoms with van der Waals surface area (Å²) in [7, 11) is -1.22. The van der Waals surface area contributed by atoms with Crippen LogP contribution in [0.2, 0.25) is 5.02 Å². The Morgan fingerprint density at radius 3 is 2.52 bits per heavy atom. The van der Waals surface area contributed by atoms with Gasteiger partial charge in [-0.05, 0) is 24.5 Å². The predicted molar refractivity (Wildman–Crippen MR) is 88.8 cm³/mol. The highest BCUT2D eigenvalue weighted by Crippen LogP contribution is 2.14. The minimum absolute atomic E-state index is 0.177. The van der Waals surface area contributed by atoms with E-state index in [0.29, 0.717) is 25.5 Å². The maximum absolute atomic E-state index is 11.0. The number of benzene rings is 1. The van der Waals surface area contributed by atoms with Crippen LogP contribution >= 0.6 is 11.6 Å². The standard InChI is InChI=1S/C14H22ClN3O2S/c1-16-14(17-9-5-11-21(2,19)20)18-10-8-12-6-3-4-7-13(12)15/h3-4,6-7H,5,8-11H2,1-2H3,(H2,16,17,18). The van der Waals surface area contributed by atoms with E-state index in [1.807, 2.05) is 24.3 Å². The van der Waals surface area contributed by atoms with Crippen molar-refractivity contribution in [1.29, 1.82) is 0 Å². The summed E-state index contributed by atoms with van der Waals surface area (Å²) >= 11 is 6.09. The largest absolute Gasteiger partial charge is 0.356 e. The monoisotopic (exact) mass is 331 g/mol. The number of aliphatic imine (C=N–C) groups is 1. The molecule has 0 saturated carbocycles. The van der Waals surface area contributed by atoms with Crippen LogP contribution in [0.1, 0.15) is 12.0 Å². The number of sulfone groups is 1. The van der Waals surface area contributed by atoms with Crippen LogP contribution in [0.4, 0.5) is 0 Å². The minimum atomic E-state index is -2.90. The Hall–Kier alpha value is -1.27. The Labute approximate surface area is 131 Å². The van der Waals surface area contributed by atoms with Gasteiger partial charge in [-0.25, -0.2) is 8.42 Å². The quantitative estimate of drug-likeness (QED) is 0.451. The summed E-state index contributed by atoms with van der Waals surface area (Å²) in [5.74, 6) is 0.840. The molecule has 5 nitrogen and oxygen atoms in total. The van der Waals surface area contributed by atoms with Crippen LogP contribution in [0, 0.1) is 0 Å². The van der Waals surface area contributed by atoms with Gasteiger partial charge in [0.25, 0.3) is 0 Å². The van der Waals surface area contributed by atoms with Gasteiger partial charge in [0.1, 0.15) is 9.84 Å². The first-order valence-electron chi connectivity index (χ1n) is 6.78. The lowest BCUT2D eigenvalue weighted by Gasteiger charge is -2.12. The first kappa shape index (κ1) is 17.8. The second-order valence-corrected chi connectivity index (χ2v) is 7.42. The van der Waals surface area contributed by atoms with Gasteiger partial charge in [-0.15, -0.1) is 0 Å². The molecule has 1 aromatic rings.